The number of nitrogen functional groups attached to an aromatic ring is 1. The lowest BCUT2D eigenvalue weighted by Gasteiger charge is -2.10. The highest BCUT2D eigenvalue weighted by Crippen LogP contribution is 2.27. The molecule has 0 spiro atoms. The molecule has 1 aromatic carbocycles. The van der Waals surface area contributed by atoms with Gasteiger partial charge in [0.05, 0.1) is 11.3 Å². The molecule has 0 saturated heterocycles. The van der Waals surface area contributed by atoms with E-state index in [0.29, 0.717) is 0 Å². The lowest BCUT2D eigenvalue weighted by Crippen LogP contribution is -2.17. The van der Waals surface area contributed by atoms with E-state index < -0.39 is 12.1 Å². The number of benzene rings is 1. The van der Waals surface area contributed by atoms with Crippen molar-refractivity contribution in [3.05, 3.63) is 23.8 Å². The molecule has 2 N–H and O–H groups in total. The molecular formula is C12H10F3NO2S. The minimum absolute atomic E-state index is 0.0291. The van der Waals surface area contributed by atoms with Gasteiger partial charge in [0.25, 0.3) is 0 Å². The highest BCUT2D eigenvalue weighted by Gasteiger charge is 2.31. The van der Waals surface area contributed by atoms with Crippen LogP contribution in [-0.2, 0) is 4.79 Å². The molecule has 0 aliphatic heterocycles. The van der Waals surface area contributed by atoms with Gasteiger partial charge in [0.2, 0.25) is 0 Å². The van der Waals surface area contributed by atoms with Crippen molar-refractivity contribution in [1.82, 2.24) is 0 Å². The molecule has 7 heteroatoms. The number of alkyl halides is 3. The number of rotatable bonds is 2. The number of thioether (sulfide) groups is 1. The summed E-state index contributed by atoms with van der Waals surface area (Å²) in [5, 5.41) is -0.117. The first-order chi connectivity index (χ1) is 8.78. The second-order valence-corrected chi connectivity index (χ2v) is 4.54. The van der Waals surface area contributed by atoms with E-state index in [1.54, 1.807) is 0 Å². The molecule has 0 fully saturated rings. The van der Waals surface area contributed by atoms with E-state index in [0.717, 1.165) is 17.8 Å². The fraction of sp³-hybridized carbons (Fsp3) is 0.250. The Hall–Kier alpha value is -1.81. The molecule has 3 nitrogen and oxygen atoms in total. The fourth-order valence-corrected chi connectivity index (χ4v) is 1.48. The van der Waals surface area contributed by atoms with Gasteiger partial charge in [-0.2, -0.15) is 0 Å². The Balaban J connectivity index is 2.91. The normalized spacial score (nSPS) is 10.5. The molecular weight excluding hydrogens is 279 g/mol. The summed E-state index contributed by atoms with van der Waals surface area (Å²) in [7, 11) is 0. The predicted octanol–water partition coefficient (Wildman–Crippen LogP) is 2.80. The quantitative estimate of drug-likeness (QED) is 0.672. The van der Waals surface area contributed by atoms with Crippen LogP contribution in [0.3, 0.4) is 0 Å². The summed E-state index contributed by atoms with van der Waals surface area (Å²) in [6.45, 7) is 1.38. The Morgan fingerprint density at radius 3 is 2.74 bits per heavy atom. The Morgan fingerprint density at radius 1 is 1.47 bits per heavy atom. The predicted molar refractivity (Wildman–Crippen MR) is 67.6 cm³/mol. The lowest BCUT2D eigenvalue weighted by molar-refractivity contribution is -0.274. The van der Waals surface area contributed by atoms with E-state index in [9.17, 15) is 18.0 Å². The summed E-state index contributed by atoms with van der Waals surface area (Å²) in [5.41, 5.74) is 5.78. The SMILES string of the molecule is CC(=O)SCC#Cc1cc(N)ccc1OC(F)(F)F. The van der Waals surface area contributed by atoms with Gasteiger partial charge in [-0.3, -0.25) is 4.79 Å². The maximum atomic E-state index is 12.2. The number of ether oxygens (including phenoxy) is 1. The van der Waals surface area contributed by atoms with E-state index in [1.807, 2.05) is 0 Å². The summed E-state index contributed by atoms with van der Waals surface area (Å²) < 4.78 is 40.3. The van der Waals surface area contributed by atoms with Gasteiger partial charge < -0.3 is 10.5 Å². The van der Waals surface area contributed by atoms with Crippen LogP contribution in [0.15, 0.2) is 18.2 Å². The van der Waals surface area contributed by atoms with E-state index >= 15 is 0 Å². The highest BCUT2D eigenvalue weighted by atomic mass is 32.2. The van der Waals surface area contributed by atoms with Crippen LogP contribution in [0.2, 0.25) is 0 Å². The standard InChI is InChI=1S/C12H10F3NO2S/c1-8(17)19-6-2-3-9-7-10(16)4-5-11(9)18-12(13,14)15/h4-5,7H,6,16H2,1H3. The third-order valence-corrected chi connectivity index (χ3v) is 2.50. The molecule has 0 aromatic heterocycles. The first-order valence-corrected chi connectivity index (χ1v) is 6.04. The fourth-order valence-electron chi connectivity index (χ4n) is 1.13. The van der Waals surface area contributed by atoms with Crippen LogP contribution in [0.4, 0.5) is 18.9 Å². The van der Waals surface area contributed by atoms with Crippen LogP contribution in [0, 0.1) is 11.8 Å². The summed E-state index contributed by atoms with van der Waals surface area (Å²) in [6, 6.07) is 3.67. The average Bonchev–Trinajstić information content (AvgIpc) is 2.26. The Morgan fingerprint density at radius 2 is 2.16 bits per heavy atom. The zero-order chi connectivity index (χ0) is 14.5. The Labute approximate surface area is 112 Å². The lowest BCUT2D eigenvalue weighted by atomic mass is 10.2. The van der Waals surface area contributed by atoms with Crippen molar-refractivity contribution in [2.24, 2.45) is 0 Å². The number of carbonyl (C=O) groups excluding carboxylic acids is 1. The van der Waals surface area contributed by atoms with Gasteiger partial charge in [-0.05, 0) is 18.2 Å². The Kier molecular flexibility index (Phi) is 5.12. The van der Waals surface area contributed by atoms with Gasteiger partial charge in [0, 0.05) is 12.6 Å². The zero-order valence-corrected chi connectivity index (χ0v) is 10.7. The molecule has 19 heavy (non-hydrogen) atoms. The number of anilines is 1. The van der Waals surface area contributed by atoms with Gasteiger partial charge in [-0.15, -0.1) is 13.2 Å². The van der Waals surface area contributed by atoms with E-state index in [4.69, 9.17) is 5.73 Å². The second kappa shape index (κ2) is 6.38. The van der Waals surface area contributed by atoms with Crippen LogP contribution in [0.1, 0.15) is 12.5 Å². The number of hydrogen-bond donors (Lipinski definition) is 1. The molecule has 0 aliphatic rings. The van der Waals surface area contributed by atoms with Gasteiger partial charge in [-0.25, -0.2) is 0 Å². The third-order valence-electron chi connectivity index (χ3n) is 1.80. The molecule has 0 unspecified atom stereocenters. The van der Waals surface area contributed by atoms with Crippen molar-refractivity contribution in [1.29, 1.82) is 0 Å². The molecule has 0 saturated carbocycles. The summed E-state index contributed by atoms with van der Waals surface area (Å²) in [6.07, 6.45) is -4.79. The summed E-state index contributed by atoms with van der Waals surface area (Å²) >= 11 is 0.967. The molecule has 1 rings (SSSR count). The van der Waals surface area contributed by atoms with Gasteiger partial charge in [0.1, 0.15) is 5.75 Å². The van der Waals surface area contributed by atoms with Crippen LogP contribution in [-0.4, -0.2) is 17.2 Å². The number of carbonyl (C=O) groups is 1. The molecule has 0 heterocycles. The first-order valence-electron chi connectivity index (χ1n) is 5.05. The highest BCUT2D eigenvalue weighted by molar-refractivity contribution is 8.13. The minimum Gasteiger partial charge on any atom is -0.404 e. The van der Waals surface area contributed by atoms with Crippen molar-refractivity contribution in [2.75, 3.05) is 11.5 Å². The minimum atomic E-state index is -4.79. The molecule has 102 valence electrons. The van der Waals surface area contributed by atoms with E-state index in [1.165, 1.54) is 19.1 Å². The van der Waals surface area contributed by atoms with Gasteiger partial charge in [0.15, 0.2) is 5.12 Å². The van der Waals surface area contributed by atoms with Crippen molar-refractivity contribution in [3.63, 3.8) is 0 Å². The van der Waals surface area contributed by atoms with Crippen LogP contribution < -0.4 is 10.5 Å². The zero-order valence-electron chi connectivity index (χ0n) is 9.88. The maximum Gasteiger partial charge on any atom is 0.573 e. The van der Waals surface area contributed by atoms with Crippen molar-refractivity contribution in [2.45, 2.75) is 13.3 Å². The van der Waals surface area contributed by atoms with E-state index in [2.05, 4.69) is 16.6 Å². The monoisotopic (exact) mass is 289 g/mol. The molecule has 0 aliphatic carbocycles. The smallest absolute Gasteiger partial charge is 0.404 e. The maximum absolute atomic E-state index is 12.2. The van der Waals surface area contributed by atoms with Crippen molar-refractivity contribution >= 4 is 22.6 Å². The van der Waals surface area contributed by atoms with Gasteiger partial charge >= 0.3 is 6.36 Å². The summed E-state index contributed by atoms with van der Waals surface area (Å²) in [5.74, 6) is 4.85. The van der Waals surface area contributed by atoms with Crippen LogP contribution >= 0.6 is 11.8 Å². The average molecular weight is 289 g/mol. The third kappa shape index (κ3) is 6.06. The number of nitrogens with two attached hydrogens (primary N) is 1. The topological polar surface area (TPSA) is 52.3 Å². The molecule has 0 radical (unpaired) electrons. The van der Waals surface area contributed by atoms with Crippen molar-refractivity contribution in [3.8, 4) is 17.6 Å². The molecule has 0 bridgehead atoms. The van der Waals surface area contributed by atoms with Crippen LogP contribution in [0.5, 0.6) is 5.75 Å². The molecule has 0 atom stereocenters. The second-order valence-electron chi connectivity index (χ2n) is 3.39. The number of halogens is 3. The van der Waals surface area contributed by atoms with Gasteiger partial charge in [-0.1, -0.05) is 23.6 Å². The summed E-state index contributed by atoms with van der Waals surface area (Å²) in [4.78, 5) is 10.7. The molecule has 0 amide bonds. The van der Waals surface area contributed by atoms with Crippen LogP contribution in [0.25, 0.3) is 0 Å². The Bertz CT molecular complexity index is 532. The largest absolute Gasteiger partial charge is 0.573 e. The van der Waals surface area contributed by atoms with E-state index in [-0.39, 0.29) is 22.1 Å². The molecule has 1 aromatic rings. The number of hydrogen-bond acceptors (Lipinski definition) is 4. The first kappa shape index (κ1) is 15.2. The van der Waals surface area contributed by atoms with Crippen molar-refractivity contribution < 1.29 is 22.7 Å².